The molecule has 2 aromatic carbocycles. The molecule has 1 atom stereocenters. The van der Waals surface area contributed by atoms with E-state index in [1.165, 1.54) is 11.3 Å². The van der Waals surface area contributed by atoms with Gasteiger partial charge in [-0.15, -0.1) is 10.2 Å². The number of benzene rings is 2. The monoisotopic (exact) mass is 383 g/mol. The number of hydrogen-bond donors (Lipinski definition) is 2. The minimum atomic E-state index is -0.114. The molecule has 6 heteroatoms. The van der Waals surface area contributed by atoms with Crippen molar-refractivity contribution in [3.8, 4) is 0 Å². The molecule has 6 nitrogen and oxygen atoms in total. The van der Waals surface area contributed by atoms with E-state index < -0.39 is 0 Å². The topological polar surface area (TPSA) is 73.9 Å². The highest BCUT2D eigenvalue weighted by molar-refractivity contribution is 5.95. The number of anilines is 3. The van der Waals surface area contributed by atoms with Crippen LogP contribution >= 0.6 is 0 Å². The predicted octanol–water partition coefficient (Wildman–Crippen LogP) is 4.22. The summed E-state index contributed by atoms with van der Waals surface area (Å²) in [4.78, 5) is 17.9. The second-order valence-electron chi connectivity index (χ2n) is 7.41. The molecule has 0 saturated carbocycles. The molecule has 144 valence electrons. The SMILES string of the molecule is CC1Cc2ccccc2N1c1ccc(NC(=O)Cc2c[nH]c3ccccc23)nn1. The van der Waals surface area contributed by atoms with Crippen molar-refractivity contribution in [2.24, 2.45) is 0 Å². The highest BCUT2D eigenvalue weighted by Crippen LogP contribution is 2.36. The Morgan fingerprint density at radius 3 is 2.79 bits per heavy atom. The smallest absolute Gasteiger partial charge is 0.230 e. The summed E-state index contributed by atoms with van der Waals surface area (Å²) in [6, 6.07) is 20.4. The number of aromatic nitrogens is 3. The fraction of sp³-hybridized carbons (Fsp3) is 0.174. The van der Waals surface area contributed by atoms with E-state index in [2.05, 4.69) is 50.5 Å². The van der Waals surface area contributed by atoms with Crippen molar-refractivity contribution in [2.75, 3.05) is 10.2 Å². The summed E-state index contributed by atoms with van der Waals surface area (Å²) in [6.07, 6.45) is 3.15. The molecule has 2 N–H and O–H groups in total. The Morgan fingerprint density at radius 2 is 1.93 bits per heavy atom. The lowest BCUT2D eigenvalue weighted by molar-refractivity contribution is -0.115. The lowest BCUT2D eigenvalue weighted by atomic mass is 10.1. The van der Waals surface area contributed by atoms with E-state index in [9.17, 15) is 4.79 Å². The summed E-state index contributed by atoms with van der Waals surface area (Å²) >= 11 is 0. The van der Waals surface area contributed by atoms with E-state index in [0.717, 1.165) is 28.7 Å². The van der Waals surface area contributed by atoms with E-state index in [0.29, 0.717) is 11.9 Å². The van der Waals surface area contributed by atoms with Crippen LogP contribution in [0.1, 0.15) is 18.1 Å². The molecule has 4 aromatic rings. The third-order valence-electron chi connectivity index (χ3n) is 5.40. The van der Waals surface area contributed by atoms with Gasteiger partial charge in [0.1, 0.15) is 0 Å². The van der Waals surface area contributed by atoms with Crippen LogP contribution in [0.4, 0.5) is 17.3 Å². The van der Waals surface area contributed by atoms with Gasteiger partial charge in [-0.2, -0.15) is 0 Å². The number of fused-ring (bicyclic) bond motifs is 2. The molecule has 0 fully saturated rings. The Bertz CT molecular complexity index is 1180. The van der Waals surface area contributed by atoms with Gasteiger partial charge >= 0.3 is 0 Å². The first-order valence-corrected chi connectivity index (χ1v) is 9.75. The highest BCUT2D eigenvalue weighted by atomic mass is 16.1. The minimum Gasteiger partial charge on any atom is -0.361 e. The molecule has 5 rings (SSSR count). The maximum absolute atomic E-state index is 12.5. The van der Waals surface area contributed by atoms with E-state index in [4.69, 9.17) is 0 Å². The average molecular weight is 383 g/mol. The van der Waals surface area contributed by atoms with Gasteiger partial charge in [0.05, 0.1) is 6.42 Å². The maximum Gasteiger partial charge on any atom is 0.230 e. The number of nitrogens with one attached hydrogen (secondary N) is 2. The number of H-pyrrole nitrogens is 1. The van der Waals surface area contributed by atoms with Gasteiger partial charge in [-0.25, -0.2) is 0 Å². The second-order valence-corrected chi connectivity index (χ2v) is 7.41. The van der Waals surface area contributed by atoms with Crippen LogP contribution in [0.15, 0.2) is 66.9 Å². The average Bonchev–Trinajstić information content (AvgIpc) is 3.29. The summed E-state index contributed by atoms with van der Waals surface area (Å²) < 4.78 is 0. The summed E-state index contributed by atoms with van der Waals surface area (Å²) in [7, 11) is 0. The Balaban J connectivity index is 1.30. The number of nitrogens with zero attached hydrogens (tertiary/aromatic N) is 3. The van der Waals surface area contributed by atoms with Crippen molar-refractivity contribution < 1.29 is 4.79 Å². The Morgan fingerprint density at radius 1 is 1.10 bits per heavy atom. The molecule has 0 bridgehead atoms. The Labute approximate surface area is 168 Å². The van der Waals surface area contributed by atoms with Gasteiger partial charge in [-0.05, 0) is 48.7 Å². The largest absolute Gasteiger partial charge is 0.361 e. The number of aromatic amines is 1. The van der Waals surface area contributed by atoms with Gasteiger partial charge in [0.2, 0.25) is 5.91 Å². The number of rotatable bonds is 4. The number of carbonyl (C=O) groups is 1. The van der Waals surface area contributed by atoms with Crippen LogP contribution in [0, 0.1) is 0 Å². The zero-order valence-corrected chi connectivity index (χ0v) is 16.1. The first kappa shape index (κ1) is 17.4. The van der Waals surface area contributed by atoms with Gasteiger partial charge < -0.3 is 15.2 Å². The molecule has 29 heavy (non-hydrogen) atoms. The van der Waals surface area contributed by atoms with Crippen LogP contribution in [0.5, 0.6) is 0 Å². The van der Waals surface area contributed by atoms with Crippen LogP contribution in [0.25, 0.3) is 10.9 Å². The molecule has 3 heterocycles. The molecular formula is C23H21N5O. The first-order chi connectivity index (χ1) is 14.2. The van der Waals surface area contributed by atoms with Gasteiger partial charge in [0.15, 0.2) is 11.6 Å². The van der Waals surface area contributed by atoms with E-state index in [-0.39, 0.29) is 12.3 Å². The van der Waals surface area contributed by atoms with E-state index >= 15 is 0 Å². The zero-order chi connectivity index (χ0) is 19.8. The highest BCUT2D eigenvalue weighted by Gasteiger charge is 2.27. The van der Waals surface area contributed by atoms with Crippen molar-refractivity contribution in [1.82, 2.24) is 15.2 Å². The molecular weight excluding hydrogens is 362 g/mol. The van der Waals surface area contributed by atoms with Crippen LogP contribution in [-0.2, 0) is 17.6 Å². The van der Waals surface area contributed by atoms with Gasteiger partial charge in [-0.3, -0.25) is 4.79 Å². The zero-order valence-electron chi connectivity index (χ0n) is 16.1. The Hall–Kier alpha value is -3.67. The van der Waals surface area contributed by atoms with Gasteiger partial charge in [0.25, 0.3) is 0 Å². The predicted molar refractivity (Wildman–Crippen MR) is 114 cm³/mol. The molecule has 1 unspecified atom stereocenters. The standard InChI is InChI=1S/C23H21N5O/c1-15-12-16-6-2-5-9-20(16)28(15)22-11-10-21(26-27-22)25-23(29)13-17-14-24-19-8-4-3-7-18(17)19/h2-11,14-15,24H,12-13H2,1H3,(H,25,26,29). The molecule has 0 saturated heterocycles. The molecule has 2 aromatic heterocycles. The number of amides is 1. The third kappa shape index (κ3) is 3.23. The Kier molecular flexibility index (Phi) is 4.24. The van der Waals surface area contributed by atoms with Gasteiger partial charge in [0, 0.05) is 28.8 Å². The quantitative estimate of drug-likeness (QED) is 0.553. The van der Waals surface area contributed by atoms with Crippen LogP contribution < -0.4 is 10.2 Å². The van der Waals surface area contributed by atoms with Gasteiger partial charge in [-0.1, -0.05) is 36.4 Å². The molecule has 0 spiro atoms. The van der Waals surface area contributed by atoms with Crippen molar-refractivity contribution in [1.29, 1.82) is 0 Å². The van der Waals surface area contributed by atoms with E-state index in [1.54, 1.807) is 0 Å². The molecule has 0 aliphatic carbocycles. The van der Waals surface area contributed by atoms with Crippen LogP contribution in [-0.4, -0.2) is 27.1 Å². The molecule has 1 aliphatic rings. The maximum atomic E-state index is 12.5. The van der Waals surface area contributed by atoms with Crippen LogP contribution in [0.2, 0.25) is 0 Å². The summed E-state index contributed by atoms with van der Waals surface area (Å²) in [5.74, 6) is 1.13. The normalized spacial score (nSPS) is 15.5. The molecule has 1 amide bonds. The van der Waals surface area contributed by atoms with Crippen molar-refractivity contribution in [2.45, 2.75) is 25.8 Å². The summed E-state index contributed by atoms with van der Waals surface area (Å²) in [6.45, 7) is 2.18. The van der Waals surface area contributed by atoms with Crippen molar-refractivity contribution in [3.05, 3.63) is 78.0 Å². The summed E-state index contributed by atoms with van der Waals surface area (Å²) in [5, 5.41) is 12.5. The number of para-hydroxylation sites is 2. The number of hydrogen-bond acceptors (Lipinski definition) is 4. The molecule has 1 aliphatic heterocycles. The first-order valence-electron chi connectivity index (χ1n) is 9.75. The third-order valence-corrected chi connectivity index (χ3v) is 5.40. The molecule has 0 radical (unpaired) electrons. The lowest BCUT2D eigenvalue weighted by Gasteiger charge is -2.23. The van der Waals surface area contributed by atoms with Crippen LogP contribution in [0.3, 0.4) is 0 Å². The van der Waals surface area contributed by atoms with Crippen molar-refractivity contribution >= 4 is 34.1 Å². The fourth-order valence-electron chi connectivity index (χ4n) is 4.07. The number of carbonyl (C=O) groups excluding carboxylic acids is 1. The van der Waals surface area contributed by atoms with E-state index in [1.807, 2.05) is 48.7 Å². The lowest BCUT2D eigenvalue weighted by Crippen LogP contribution is -2.25. The fourth-order valence-corrected chi connectivity index (χ4v) is 4.07. The minimum absolute atomic E-state index is 0.114. The van der Waals surface area contributed by atoms with Crippen molar-refractivity contribution in [3.63, 3.8) is 0 Å². The second kappa shape index (κ2) is 7.05. The summed E-state index contributed by atoms with van der Waals surface area (Å²) in [5.41, 5.74) is 4.48.